The molecule has 0 aliphatic carbocycles. The van der Waals surface area contributed by atoms with Gasteiger partial charge in [0.1, 0.15) is 0 Å². The monoisotopic (exact) mass is 377 g/mol. The molecule has 2 heterocycles. The van der Waals surface area contributed by atoms with E-state index in [9.17, 15) is 22.8 Å². The second kappa shape index (κ2) is 7.77. The Morgan fingerprint density at radius 1 is 1.04 bits per heavy atom. The fourth-order valence-corrected chi connectivity index (χ4v) is 2.98. The molecule has 0 spiro atoms. The SMILES string of the molecule is O=C(NC1CCN(C(=O)c2ccc(C(F)(F)F)cc2)CC1)c1cccnc1. The lowest BCUT2D eigenvalue weighted by molar-refractivity contribution is -0.137. The van der Waals surface area contributed by atoms with Crippen molar-refractivity contribution in [3.8, 4) is 0 Å². The zero-order valence-corrected chi connectivity index (χ0v) is 14.4. The topological polar surface area (TPSA) is 62.3 Å². The Kier molecular flexibility index (Phi) is 5.43. The molecule has 0 radical (unpaired) electrons. The number of hydrogen-bond donors (Lipinski definition) is 1. The smallest absolute Gasteiger partial charge is 0.349 e. The molecular formula is C19H18F3N3O2. The minimum Gasteiger partial charge on any atom is -0.349 e. The summed E-state index contributed by atoms with van der Waals surface area (Å²) in [6.45, 7) is 0.857. The maximum absolute atomic E-state index is 12.6. The van der Waals surface area contributed by atoms with E-state index in [1.165, 1.54) is 18.3 Å². The van der Waals surface area contributed by atoms with Gasteiger partial charge in [-0.3, -0.25) is 14.6 Å². The summed E-state index contributed by atoms with van der Waals surface area (Å²) >= 11 is 0. The number of alkyl halides is 3. The van der Waals surface area contributed by atoms with Crippen molar-refractivity contribution in [3.05, 3.63) is 65.5 Å². The summed E-state index contributed by atoms with van der Waals surface area (Å²) in [5.41, 5.74) is -0.0857. The maximum atomic E-state index is 12.6. The van der Waals surface area contributed by atoms with E-state index in [4.69, 9.17) is 0 Å². The summed E-state index contributed by atoms with van der Waals surface area (Å²) in [6, 6.07) is 7.51. The quantitative estimate of drug-likeness (QED) is 0.894. The van der Waals surface area contributed by atoms with Crippen molar-refractivity contribution in [2.24, 2.45) is 0 Å². The molecule has 1 saturated heterocycles. The van der Waals surface area contributed by atoms with Gasteiger partial charge in [0.05, 0.1) is 11.1 Å². The third-order valence-corrected chi connectivity index (χ3v) is 4.50. The van der Waals surface area contributed by atoms with Crippen molar-refractivity contribution in [2.45, 2.75) is 25.1 Å². The summed E-state index contributed by atoms with van der Waals surface area (Å²) in [6.07, 6.45) is -0.191. The predicted octanol–water partition coefficient (Wildman–Crippen LogP) is 3.14. The molecular weight excluding hydrogens is 359 g/mol. The zero-order valence-electron chi connectivity index (χ0n) is 14.4. The summed E-state index contributed by atoms with van der Waals surface area (Å²) in [5, 5.41) is 2.92. The third-order valence-electron chi connectivity index (χ3n) is 4.50. The van der Waals surface area contributed by atoms with Gasteiger partial charge < -0.3 is 10.2 Å². The molecule has 142 valence electrons. The molecule has 8 heteroatoms. The van der Waals surface area contributed by atoms with Crippen LogP contribution >= 0.6 is 0 Å². The summed E-state index contributed by atoms with van der Waals surface area (Å²) in [7, 11) is 0. The first-order valence-electron chi connectivity index (χ1n) is 8.52. The molecule has 27 heavy (non-hydrogen) atoms. The summed E-state index contributed by atoms with van der Waals surface area (Å²) < 4.78 is 37.8. The van der Waals surface area contributed by atoms with E-state index in [-0.39, 0.29) is 23.4 Å². The Balaban J connectivity index is 1.54. The van der Waals surface area contributed by atoms with E-state index in [0.717, 1.165) is 12.1 Å². The number of halogens is 3. The van der Waals surface area contributed by atoms with Crippen LogP contribution in [0.5, 0.6) is 0 Å². The third kappa shape index (κ3) is 4.64. The van der Waals surface area contributed by atoms with E-state index < -0.39 is 11.7 Å². The van der Waals surface area contributed by atoms with Crippen LogP contribution in [0.15, 0.2) is 48.8 Å². The van der Waals surface area contributed by atoms with Crippen molar-refractivity contribution in [1.82, 2.24) is 15.2 Å². The average Bonchev–Trinajstić information content (AvgIpc) is 2.68. The van der Waals surface area contributed by atoms with Gasteiger partial charge in [0.2, 0.25) is 0 Å². The van der Waals surface area contributed by atoms with Crippen LogP contribution in [0.3, 0.4) is 0 Å². The minimum absolute atomic E-state index is 0.0608. The molecule has 0 unspecified atom stereocenters. The Morgan fingerprint density at radius 3 is 2.26 bits per heavy atom. The maximum Gasteiger partial charge on any atom is 0.416 e. The van der Waals surface area contributed by atoms with Gasteiger partial charge in [-0.25, -0.2) is 0 Å². The minimum atomic E-state index is -4.42. The second-order valence-corrected chi connectivity index (χ2v) is 6.36. The highest BCUT2D eigenvalue weighted by Gasteiger charge is 2.31. The number of pyridine rings is 1. The number of benzene rings is 1. The Bertz CT molecular complexity index is 799. The molecule has 1 N–H and O–H groups in total. The molecule has 1 aromatic heterocycles. The van der Waals surface area contributed by atoms with Crippen LogP contribution in [0.1, 0.15) is 39.1 Å². The number of rotatable bonds is 3. The van der Waals surface area contributed by atoms with Crippen molar-refractivity contribution in [1.29, 1.82) is 0 Å². The number of carbonyl (C=O) groups excluding carboxylic acids is 2. The van der Waals surface area contributed by atoms with E-state index in [0.29, 0.717) is 31.5 Å². The Hall–Kier alpha value is -2.90. The molecule has 0 bridgehead atoms. The van der Waals surface area contributed by atoms with Gasteiger partial charge in [-0.15, -0.1) is 0 Å². The van der Waals surface area contributed by atoms with E-state index >= 15 is 0 Å². The van der Waals surface area contributed by atoms with Crippen LogP contribution in [-0.4, -0.2) is 40.8 Å². The first-order valence-corrected chi connectivity index (χ1v) is 8.52. The molecule has 2 aromatic rings. The highest BCUT2D eigenvalue weighted by molar-refractivity contribution is 5.95. The lowest BCUT2D eigenvalue weighted by Gasteiger charge is -2.32. The number of nitrogens with one attached hydrogen (secondary N) is 1. The van der Waals surface area contributed by atoms with E-state index in [1.54, 1.807) is 23.2 Å². The van der Waals surface area contributed by atoms with Crippen LogP contribution in [0.25, 0.3) is 0 Å². The van der Waals surface area contributed by atoms with Crippen LogP contribution in [0.2, 0.25) is 0 Å². The average molecular weight is 377 g/mol. The van der Waals surface area contributed by atoms with Gasteiger partial charge in [0.15, 0.2) is 0 Å². The van der Waals surface area contributed by atoms with E-state index in [1.807, 2.05) is 0 Å². The van der Waals surface area contributed by atoms with Gasteiger partial charge in [-0.05, 0) is 49.2 Å². The van der Waals surface area contributed by atoms with Crippen molar-refractivity contribution < 1.29 is 22.8 Å². The Morgan fingerprint density at radius 2 is 1.70 bits per heavy atom. The molecule has 0 atom stereocenters. The van der Waals surface area contributed by atoms with Gasteiger partial charge in [0, 0.05) is 37.1 Å². The molecule has 3 rings (SSSR count). The molecule has 2 amide bonds. The van der Waals surface area contributed by atoms with Crippen molar-refractivity contribution in [3.63, 3.8) is 0 Å². The predicted molar refractivity (Wildman–Crippen MR) is 92.1 cm³/mol. The number of likely N-dealkylation sites (tertiary alicyclic amines) is 1. The Labute approximate surface area is 154 Å². The number of hydrogen-bond acceptors (Lipinski definition) is 3. The fourth-order valence-electron chi connectivity index (χ4n) is 2.98. The van der Waals surface area contributed by atoms with Crippen molar-refractivity contribution >= 4 is 11.8 Å². The first-order chi connectivity index (χ1) is 12.8. The van der Waals surface area contributed by atoms with E-state index in [2.05, 4.69) is 10.3 Å². The summed E-state index contributed by atoms with van der Waals surface area (Å²) in [4.78, 5) is 30.1. The van der Waals surface area contributed by atoms with Gasteiger partial charge in [-0.1, -0.05) is 0 Å². The molecule has 1 aliphatic heterocycles. The number of carbonyl (C=O) groups is 2. The molecule has 1 aliphatic rings. The normalized spacial score (nSPS) is 15.4. The van der Waals surface area contributed by atoms with Gasteiger partial charge in [0.25, 0.3) is 11.8 Å². The number of nitrogens with zero attached hydrogens (tertiary/aromatic N) is 2. The lowest BCUT2D eigenvalue weighted by Crippen LogP contribution is -2.46. The largest absolute Gasteiger partial charge is 0.416 e. The highest BCUT2D eigenvalue weighted by Crippen LogP contribution is 2.29. The summed E-state index contributed by atoms with van der Waals surface area (Å²) in [5.74, 6) is -0.517. The van der Waals surface area contributed by atoms with Crippen LogP contribution < -0.4 is 5.32 Å². The number of aromatic nitrogens is 1. The van der Waals surface area contributed by atoms with Gasteiger partial charge in [-0.2, -0.15) is 13.2 Å². The molecule has 1 aromatic carbocycles. The standard InChI is InChI=1S/C19H18F3N3O2/c20-19(21,22)15-5-3-13(4-6-15)18(27)25-10-7-16(8-11-25)24-17(26)14-2-1-9-23-12-14/h1-6,9,12,16H,7-8,10-11H2,(H,24,26). The molecule has 5 nitrogen and oxygen atoms in total. The number of piperidine rings is 1. The fraction of sp³-hybridized carbons (Fsp3) is 0.316. The van der Waals surface area contributed by atoms with Crippen molar-refractivity contribution in [2.75, 3.05) is 13.1 Å². The number of amides is 2. The first kappa shape index (κ1) is 18.9. The molecule has 0 saturated carbocycles. The van der Waals surface area contributed by atoms with Crippen LogP contribution in [-0.2, 0) is 6.18 Å². The van der Waals surface area contributed by atoms with Gasteiger partial charge >= 0.3 is 6.18 Å². The van der Waals surface area contributed by atoms with Crippen LogP contribution in [0, 0.1) is 0 Å². The second-order valence-electron chi connectivity index (χ2n) is 6.36. The lowest BCUT2D eigenvalue weighted by atomic mass is 10.0. The van der Waals surface area contributed by atoms with Crippen LogP contribution in [0.4, 0.5) is 13.2 Å². The molecule has 1 fully saturated rings. The highest BCUT2D eigenvalue weighted by atomic mass is 19.4. The zero-order chi connectivity index (χ0) is 19.4.